The Labute approximate surface area is 125 Å². The molecule has 0 radical (unpaired) electrons. The third kappa shape index (κ3) is 2.33. The van der Waals surface area contributed by atoms with E-state index in [9.17, 15) is 13.2 Å². The average molecular weight is 360 g/mol. The van der Waals surface area contributed by atoms with Crippen LogP contribution in [0.4, 0.5) is 13.2 Å². The normalized spacial score (nSPS) is 12.3. The maximum Gasteiger partial charge on any atom is 0.449 e. The van der Waals surface area contributed by atoms with E-state index in [1.807, 2.05) is 0 Å². The maximum absolute atomic E-state index is 12.7. The van der Waals surface area contributed by atoms with Gasteiger partial charge in [0, 0.05) is 10.0 Å². The molecule has 0 aliphatic heterocycles. The van der Waals surface area contributed by atoms with Gasteiger partial charge in [0.05, 0.1) is 11.2 Å². The van der Waals surface area contributed by atoms with E-state index in [1.165, 1.54) is 0 Å². The first kappa shape index (κ1) is 14.1. The zero-order valence-corrected chi connectivity index (χ0v) is 12.6. The van der Waals surface area contributed by atoms with Crippen LogP contribution in [0.5, 0.6) is 0 Å². The number of fused-ring (bicyclic) bond motifs is 1. The average Bonchev–Trinajstić information content (AvgIpc) is 2.93. The highest BCUT2D eigenvalue weighted by atomic mass is 79.9. The van der Waals surface area contributed by atoms with Crippen LogP contribution >= 0.6 is 15.9 Å². The number of nitrogens with zero attached hydrogens (tertiary/aromatic N) is 2. The number of imidazole rings is 1. The molecule has 8 heteroatoms. The van der Waals surface area contributed by atoms with Crippen molar-refractivity contribution in [3.63, 3.8) is 0 Å². The highest BCUT2D eigenvalue weighted by Crippen LogP contribution is 2.35. The lowest BCUT2D eigenvalue weighted by Gasteiger charge is -2.02. The number of nitrogens with one attached hydrogen (secondary N) is 1. The van der Waals surface area contributed by atoms with Crippen molar-refractivity contribution in [2.45, 2.75) is 20.0 Å². The van der Waals surface area contributed by atoms with Crippen LogP contribution in [0.1, 0.15) is 17.3 Å². The van der Waals surface area contributed by atoms with Crippen LogP contribution in [-0.4, -0.2) is 15.1 Å². The summed E-state index contributed by atoms with van der Waals surface area (Å²) in [5.41, 5.74) is 2.68. The molecule has 4 nitrogen and oxygen atoms in total. The minimum absolute atomic E-state index is 0.234. The lowest BCUT2D eigenvalue weighted by molar-refractivity contribution is -0.144. The van der Waals surface area contributed by atoms with Crippen molar-refractivity contribution in [2.75, 3.05) is 0 Å². The number of aryl methyl sites for hydroxylation is 2. The standard InChI is InChI=1S/C13H9BrF3N3O/c1-5-10(6(2)21-20-5)7-3-8(14)11-9(4-7)18-12(19-11)13(15,16)17/h3-4H,1-2H3,(H,18,19). The molecule has 21 heavy (non-hydrogen) atoms. The van der Waals surface area contributed by atoms with Crippen molar-refractivity contribution in [3.05, 3.63) is 33.9 Å². The van der Waals surface area contributed by atoms with Gasteiger partial charge in [0.1, 0.15) is 11.3 Å². The number of aromatic amines is 1. The number of hydrogen-bond donors (Lipinski definition) is 1. The molecule has 0 aliphatic rings. The zero-order valence-electron chi connectivity index (χ0n) is 11.0. The lowest BCUT2D eigenvalue weighted by atomic mass is 10.0. The Balaban J connectivity index is 2.24. The van der Waals surface area contributed by atoms with Gasteiger partial charge in [0.15, 0.2) is 0 Å². The first-order chi connectivity index (χ1) is 9.77. The topological polar surface area (TPSA) is 54.7 Å². The van der Waals surface area contributed by atoms with Gasteiger partial charge in [-0.2, -0.15) is 13.2 Å². The minimum atomic E-state index is -4.51. The van der Waals surface area contributed by atoms with Crippen LogP contribution in [-0.2, 0) is 6.18 Å². The fourth-order valence-electron chi connectivity index (χ4n) is 2.25. The number of halogens is 4. The van der Waals surface area contributed by atoms with Crippen LogP contribution < -0.4 is 0 Å². The van der Waals surface area contributed by atoms with Crippen LogP contribution in [0.2, 0.25) is 0 Å². The molecule has 0 saturated heterocycles. The van der Waals surface area contributed by atoms with Gasteiger partial charge < -0.3 is 9.51 Å². The van der Waals surface area contributed by atoms with E-state index in [0.29, 0.717) is 27.0 Å². The van der Waals surface area contributed by atoms with Crippen molar-refractivity contribution in [1.82, 2.24) is 15.1 Å². The van der Waals surface area contributed by atoms with E-state index in [4.69, 9.17) is 4.52 Å². The summed E-state index contributed by atoms with van der Waals surface area (Å²) in [5, 5.41) is 3.85. The third-order valence-corrected chi connectivity index (χ3v) is 3.74. The first-order valence-corrected chi connectivity index (χ1v) is 6.76. The monoisotopic (exact) mass is 359 g/mol. The molecular formula is C13H9BrF3N3O. The molecule has 110 valence electrons. The molecule has 0 fully saturated rings. The SMILES string of the molecule is Cc1noc(C)c1-c1cc(Br)c2nc(C(F)(F)F)[nH]c2c1. The summed E-state index contributed by atoms with van der Waals surface area (Å²) in [7, 11) is 0. The molecule has 0 amide bonds. The number of aromatic nitrogens is 3. The van der Waals surface area contributed by atoms with Gasteiger partial charge in [-0.15, -0.1) is 0 Å². The van der Waals surface area contributed by atoms with Gasteiger partial charge in [-0.05, 0) is 47.5 Å². The molecule has 2 aromatic heterocycles. The van der Waals surface area contributed by atoms with Gasteiger partial charge in [-0.25, -0.2) is 4.98 Å². The van der Waals surface area contributed by atoms with Gasteiger partial charge in [0.25, 0.3) is 0 Å². The van der Waals surface area contributed by atoms with E-state index in [0.717, 1.165) is 5.56 Å². The predicted molar refractivity (Wildman–Crippen MR) is 73.8 cm³/mol. The molecule has 3 rings (SSSR count). The summed E-state index contributed by atoms with van der Waals surface area (Å²) in [6.07, 6.45) is -4.51. The second-order valence-electron chi connectivity index (χ2n) is 4.64. The molecule has 2 heterocycles. The number of benzene rings is 1. The van der Waals surface area contributed by atoms with Crippen molar-refractivity contribution < 1.29 is 17.7 Å². The Kier molecular flexibility index (Phi) is 3.09. The molecular weight excluding hydrogens is 351 g/mol. The second kappa shape index (κ2) is 4.59. The van der Waals surface area contributed by atoms with Crippen LogP contribution in [0.15, 0.2) is 21.1 Å². The Hall–Kier alpha value is -1.83. The van der Waals surface area contributed by atoms with E-state index in [2.05, 4.69) is 31.1 Å². The van der Waals surface area contributed by atoms with E-state index < -0.39 is 12.0 Å². The fraction of sp³-hybridized carbons (Fsp3) is 0.231. The lowest BCUT2D eigenvalue weighted by Crippen LogP contribution is -2.06. The molecule has 0 bridgehead atoms. The summed E-state index contributed by atoms with van der Waals surface area (Å²) >= 11 is 3.26. The smallest absolute Gasteiger partial charge is 0.361 e. The van der Waals surface area contributed by atoms with E-state index >= 15 is 0 Å². The number of H-pyrrole nitrogens is 1. The third-order valence-electron chi connectivity index (χ3n) is 3.13. The van der Waals surface area contributed by atoms with Crippen molar-refractivity contribution in [1.29, 1.82) is 0 Å². The molecule has 1 N–H and O–H groups in total. The highest BCUT2D eigenvalue weighted by molar-refractivity contribution is 9.10. The van der Waals surface area contributed by atoms with Gasteiger partial charge in [-0.3, -0.25) is 0 Å². The van der Waals surface area contributed by atoms with Crippen LogP contribution in [0.3, 0.4) is 0 Å². The first-order valence-electron chi connectivity index (χ1n) is 5.97. The largest absolute Gasteiger partial charge is 0.449 e. The van der Waals surface area contributed by atoms with Crippen molar-refractivity contribution in [3.8, 4) is 11.1 Å². The quantitative estimate of drug-likeness (QED) is 0.689. The Morgan fingerprint density at radius 2 is 1.95 bits per heavy atom. The Morgan fingerprint density at radius 1 is 1.24 bits per heavy atom. The Morgan fingerprint density at radius 3 is 2.52 bits per heavy atom. The summed E-state index contributed by atoms with van der Waals surface area (Å²) in [5.74, 6) is -0.413. The molecule has 0 saturated carbocycles. The fourth-order valence-corrected chi connectivity index (χ4v) is 2.80. The zero-order chi connectivity index (χ0) is 15.4. The van der Waals surface area contributed by atoms with Gasteiger partial charge in [-0.1, -0.05) is 5.16 Å². The van der Waals surface area contributed by atoms with Gasteiger partial charge in [0.2, 0.25) is 5.82 Å². The van der Waals surface area contributed by atoms with Crippen molar-refractivity contribution in [2.24, 2.45) is 0 Å². The summed E-state index contributed by atoms with van der Waals surface area (Å²) < 4.78 is 43.7. The van der Waals surface area contributed by atoms with E-state index in [1.54, 1.807) is 26.0 Å². The highest BCUT2D eigenvalue weighted by Gasteiger charge is 2.35. The Bertz CT molecular complexity index is 816. The van der Waals surface area contributed by atoms with Crippen LogP contribution in [0.25, 0.3) is 22.2 Å². The van der Waals surface area contributed by atoms with Gasteiger partial charge >= 0.3 is 6.18 Å². The number of hydrogen-bond acceptors (Lipinski definition) is 3. The van der Waals surface area contributed by atoms with Crippen LogP contribution in [0, 0.1) is 13.8 Å². The minimum Gasteiger partial charge on any atom is -0.361 e. The maximum atomic E-state index is 12.7. The number of alkyl halides is 3. The van der Waals surface area contributed by atoms with E-state index in [-0.39, 0.29) is 5.52 Å². The molecule has 3 aromatic rings. The summed E-state index contributed by atoms with van der Waals surface area (Å²) in [6, 6.07) is 3.31. The number of rotatable bonds is 1. The molecule has 0 atom stereocenters. The molecule has 0 unspecified atom stereocenters. The molecule has 0 aliphatic carbocycles. The summed E-state index contributed by atoms with van der Waals surface area (Å²) in [4.78, 5) is 5.88. The molecule has 1 aromatic carbocycles. The second-order valence-corrected chi connectivity index (χ2v) is 5.49. The predicted octanol–water partition coefficient (Wildman–Crippen LogP) is 4.62. The summed E-state index contributed by atoms with van der Waals surface area (Å²) in [6.45, 7) is 3.53. The molecule has 0 spiro atoms. The van der Waals surface area contributed by atoms with Crippen molar-refractivity contribution >= 4 is 27.0 Å².